The molecular formula is C11H15N3. The van der Waals surface area contributed by atoms with Crippen molar-refractivity contribution in [1.29, 1.82) is 5.26 Å². The zero-order valence-corrected chi connectivity index (χ0v) is 8.75. The van der Waals surface area contributed by atoms with E-state index in [-0.39, 0.29) is 0 Å². The van der Waals surface area contributed by atoms with Gasteiger partial charge >= 0.3 is 0 Å². The second kappa shape index (κ2) is 3.13. The summed E-state index contributed by atoms with van der Waals surface area (Å²) >= 11 is 0. The van der Waals surface area contributed by atoms with Crippen LogP contribution < -0.4 is 0 Å². The van der Waals surface area contributed by atoms with Crippen molar-refractivity contribution in [3.63, 3.8) is 0 Å². The van der Waals surface area contributed by atoms with Gasteiger partial charge in [0, 0.05) is 19.2 Å². The van der Waals surface area contributed by atoms with Crippen LogP contribution in [0, 0.1) is 11.3 Å². The Morgan fingerprint density at radius 3 is 2.93 bits per heavy atom. The molecule has 0 bridgehead atoms. The Kier molecular flexibility index (Phi) is 2.07. The van der Waals surface area contributed by atoms with Gasteiger partial charge in [-0.25, -0.2) is 4.98 Å². The third-order valence-electron chi connectivity index (χ3n) is 2.83. The van der Waals surface area contributed by atoms with Gasteiger partial charge in [0.2, 0.25) is 0 Å². The Hall–Kier alpha value is -1.30. The second-order valence-corrected chi connectivity index (χ2v) is 4.43. The van der Waals surface area contributed by atoms with Crippen LogP contribution in [0.4, 0.5) is 0 Å². The van der Waals surface area contributed by atoms with Crippen LogP contribution in [-0.2, 0) is 18.4 Å². The fraction of sp³-hybridized carbons (Fsp3) is 0.636. The zero-order chi connectivity index (χ0) is 10.2. The first-order valence-corrected chi connectivity index (χ1v) is 5.11. The topological polar surface area (TPSA) is 41.6 Å². The fourth-order valence-electron chi connectivity index (χ4n) is 1.77. The van der Waals surface area contributed by atoms with E-state index in [1.807, 2.05) is 20.0 Å². The molecule has 1 aromatic heterocycles. The molecule has 0 spiro atoms. The maximum absolute atomic E-state index is 9.01. The first kappa shape index (κ1) is 9.26. The van der Waals surface area contributed by atoms with Crippen molar-refractivity contribution >= 4 is 0 Å². The predicted octanol–water partition coefficient (Wildman–Crippen LogP) is 2.02. The van der Waals surface area contributed by atoms with Gasteiger partial charge in [-0.05, 0) is 26.7 Å². The van der Waals surface area contributed by atoms with Gasteiger partial charge in [-0.15, -0.1) is 0 Å². The maximum atomic E-state index is 9.01. The highest BCUT2D eigenvalue weighted by atomic mass is 15.1. The Morgan fingerprint density at radius 2 is 2.29 bits per heavy atom. The quantitative estimate of drug-likeness (QED) is 0.678. The Labute approximate surface area is 84.4 Å². The molecule has 1 aliphatic rings. The van der Waals surface area contributed by atoms with Crippen LogP contribution in [0.1, 0.15) is 38.2 Å². The molecule has 0 saturated heterocycles. The van der Waals surface area contributed by atoms with E-state index in [1.165, 1.54) is 12.8 Å². The summed E-state index contributed by atoms with van der Waals surface area (Å²) in [6.45, 7) is 4.90. The van der Waals surface area contributed by atoms with E-state index in [0.717, 1.165) is 24.5 Å². The molecule has 3 heteroatoms. The zero-order valence-electron chi connectivity index (χ0n) is 8.75. The maximum Gasteiger partial charge on any atom is 0.109 e. The van der Waals surface area contributed by atoms with Crippen LogP contribution in [0.2, 0.25) is 0 Å². The molecule has 74 valence electrons. The monoisotopic (exact) mass is 189 g/mol. The van der Waals surface area contributed by atoms with Gasteiger partial charge in [0.05, 0.1) is 17.2 Å². The molecule has 0 saturated carbocycles. The van der Waals surface area contributed by atoms with Crippen molar-refractivity contribution in [1.82, 2.24) is 9.55 Å². The molecular weight excluding hydrogens is 174 g/mol. The number of aromatic nitrogens is 2. The van der Waals surface area contributed by atoms with E-state index < -0.39 is 5.41 Å². The van der Waals surface area contributed by atoms with Crippen LogP contribution in [0.3, 0.4) is 0 Å². The van der Waals surface area contributed by atoms with Gasteiger partial charge in [0.15, 0.2) is 0 Å². The third-order valence-corrected chi connectivity index (χ3v) is 2.83. The SMILES string of the molecule is CC(C)(C#N)c1cn2c(n1)CCCC2. The number of imidazole rings is 1. The molecule has 0 amide bonds. The van der Waals surface area contributed by atoms with Gasteiger partial charge in [-0.2, -0.15) is 5.26 Å². The molecule has 3 nitrogen and oxygen atoms in total. The number of hydrogen-bond acceptors (Lipinski definition) is 2. The first-order valence-electron chi connectivity index (χ1n) is 5.11. The molecule has 1 aromatic rings. The highest BCUT2D eigenvalue weighted by Crippen LogP contribution is 2.23. The number of aryl methyl sites for hydroxylation is 2. The average molecular weight is 189 g/mol. The molecule has 0 atom stereocenters. The van der Waals surface area contributed by atoms with Crippen molar-refractivity contribution in [2.45, 2.75) is 45.1 Å². The van der Waals surface area contributed by atoms with Gasteiger partial charge < -0.3 is 4.57 Å². The molecule has 0 radical (unpaired) electrons. The molecule has 2 heterocycles. The summed E-state index contributed by atoms with van der Waals surface area (Å²) < 4.78 is 2.19. The highest BCUT2D eigenvalue weighted by molar-refractivity contribution is 5.23. The molecule has 0 unspecified atom stereocenters. The van der Waals surface area contributed by atoms with E-state index in [1.54, 1.807) is 0 Å². The lowest BCUT2D eigenvalue weighted by Gasteiger charge is -2.12. The smallest absolute Gasteiger partial charge is 0.109 e. The minimum atomic E-state index is -0.454. The van der Waals surface area contributed by atoms with Crippen molar-refractivity contribution in [3.05, 3.63) is 17.7 Å². The molecule has 0 aliphatic carbocycles. The van der Waals surface area contributed by atoms with Crippen LogP contribution in [0.25, 0.3) is 0 Å². The molecule has 0 fully saturated rings. The van der Waals surface area contributed by atoms with Crippen LogP contribution in [0.5, 0.6) is 0 Å². The van der Waals surface area contributed by atoms with Crippen LogP contribution in [0.15, 0.2) is 6.20 Å². The predicted molar refractivity (Wildman–Crippen MR) is 53.8 cm³/mol. The van der Waals surface area contributed by atoms with Crippen molar-refractivity contribution in [3.8, 4) is 6.07 Å². The van der Waals surface area contributed by atoms with Gasteiger partial charge in [-0.1, -0.05) is 0 Å². The number of fused-ring (bicyclic) bond motifs is 1. The second-order valence-electron chi connectivity index (χ2n) is 4.43. The summed E-state index contributed by atoms with van der Waals surface area (Å²) in [5.74, 6) is 1.15. The first-order chi connectivity index (χ1) is 6.63. The van der Waals surface area contributed by atoms with Gasteiger partial charge in [0.25, 0.3) is 0 Å². The Morgan fingerprint density at radius 1 is 1.50 bits per heavy atom. The van der Waals surface area contributed by atoms with E-state index in [2.05, 4.69) is 15.6 Å². The van der Waals surface area contributed by atoms with Gasteiger partial charge in [0.1, 0.15) is 5.82 Å². The van der Waals surface area contributed by atoms with Crippen molar-refractivity contribution in [2.24, 2.45) is 0 Å². The van der Waals surface area contributed by atoms with Crippen LogP contribution in [-0.4, -0.2) is 9.55 Å². The summed E-state index contributed by atoms with van der Waals surface area (Å²) in [6, 6.07) is 2.29. The van der Waals surface area contributed by atoms with Crippen molar-refractivity contribution < 1.29 is 0 Å². The lowest BCUT2D eigenvalue weighted by atomic mass is 9.92. The van der Waals surface area contributed by atoms with Gasteiger partial charge in [-0.3, -0.25) is 0 Å². The van der Waals surface area contributed by atoms with E-state index >= 15 is 0 Å². The number of rotatable bonds is 1. The summed E-state index contributed by atoms with van der Waals surface area (Å²) in [5.41, 5.74) is 0.460. The Balaban J connectivity index is 2.38. The number of nitriles is 1. The summed E-state index contributed by atoms with van der Waals surface area (Å²) in [4.78, 5) is 4.53. The van der Waals surface area contributed by atoms with E-state index in [9.17, 15) is 0 Å². The average Bonchev–Trinajstić information content (AvgIpc) is 2.61. The summed E-state index contributed by atoms with van der Waals surface area (Å²) in [5, 5.41) is 9.01. The normalized spacial score (nSPS) is 16.1. The fourth-order valence-corrected chi connectivity index (χ4v) is 1.77. The Bertz CT molecular complexity index is 358. The molecule has 14 heavy (non-hydrogen) atoms. The number of nitrogens with zero attached hydrogens (tertiary/aromatic N) is 3. The minimum absolute atomic E-state index is 0.454. The molecule has 1 aliphatic heterocycles. The minimum Gasteiger partial charge on any atom is -0.335 e. The molecule has 0 N–H and O–H groups in total. The molecule has 2 rings (SSSR count). The summed E-state index contributed by atoms with van der Waals surface area (Å²) in [6.07, 6.45) is 5.55. The van der Waals surface area contributed by atoms with Crippen LogP contribution >= 0.6 is 0 Å². The lowest BCUT2D eigenvalue weighted by Crippen LogP contribution is -2.14. The lowest BCUT2D eigenvalue weighted by molar-refractivity contribution is 0.522. The van der Waals surface area contributed by atoms with Crippen molar-refractivity contribution in [2.75, 3.05) is 0 Å². The molecule has 0 aromatic carbocycles. The van der Waals surface area contributed by atoms with E-state index in [4.69, 9.17) is 5.26 Å². The standard InChI is InChI=1S/C11H15N3/c1-11(2,8-12)9-7-14-6-4-3-5-10(14)13-9/h7H,3-6H2,1-2H3. The third kappa shape index (κ3) is 1.41. The van der Waals surface area contributed by atoms with E-state index in [0.29, 0.717) is 0 Å². The number of hydrogen-bond donors (Lipinski definition) is 0. The highest BCUT2D eigenvalue weighted by Gasteiger charge is 2.25. The largest absolute Gasteiger partial charge is 0.335 e. The summed E-state index contributed by atoms with van der Waals surface area (Å²) in [7, 11) is 0.